The van der Waals surface area contributed by atoms with E-state index in [4.69, 9.17) is 9.72 Å². The highest BCUT2D eigenvalue weighted by atomic mass is 16.5. The van der Waals surface area contributed by atoms with E-state index in [9.17, 15) is 0 Å². The average molecular weight is 495 g/mol. The Morgan fingerprint density at radius 3 is 2.65 bits per heavy atom. The van der Waals surface area contributed by atoms with Crippen LogP contribution in [-0.4, -0.2) is 62.4 Å². The van der Waals surface area contributed by atoms with Crippen LogP contribution < -0.4 is 15.0 Å². The third-order valence-electron chi connectivity index (χ3n) is 7.48. The molecule has 0 unspecified atom stereocenters. The maximum Gasteiger partial charge on any atom is 0.138 e. The molecule has 2 saturated heterocycles. The Labute approximate surface area is 214 Å². The van der Waals surface area contributed by atoms with Crippen molar-refractivity contribution < 1.29 is 4.74 Å². The van der Waals surface area contributed by atoms with Crippen molar-refractivity contribution in [1.29, 1.82) is 0 Å². The van der Waals surface area contributed by atoms with Gasteiger partial charge in [-0.05, 0) is 69.5 Å². The second-order valence-electron chi connectivity index (χ2n) is 9.99. The number of aromatic amines is 2. The first-order valence-corrected chi connectivity index (χ1v) is 13.2. The molecule has 0 aliphatic carbocycles. The van der Waals surface area contributed by atoms with Crippen LogP contribution in [0, 0.1) is 0 Å². The van der Waals surface area contributed by atoms with Crippen LogP contribution >= 0.6 is 0 Å². The van der Waals surface area contributed by atoms with E-state index in [1.165, 1.54) is 30.3 Å². The zero-order valence-corrected chi connectivity index (χ0v) is 20.7. The minimum Gasteiger partial charge on any atom is -0.489 e. The van der Waals surface area contributed by atoms with Crippen LogP contribution in [0.2, 0.25) is 0 Å². The highest BCUT2D eigenvalue weighted by molar-refractivity contribution is 5.98. The van der Waals surface area contributed by atoms with Gasteiger partial charge in [0.15, 0.2) is 0 Å². The molecule has 7 heterocycles. The summed E-state index contributed by atoms with van der Waals surface area (Å²) in [7, 11) is 0. The molecule has 5 aromatic rings. The standard InChI is InChI=1S/C28H30N8O/c1-2-10-36(11-3-1)26-17-31-16-25-21(26)13-24(32-25)28-27-23(34-35-28)5-4-22(33-27)18-12-20(15-30-14-18)37-19-6-8-29-9-7-19/h4-5,12-17,19,29,32H,1-3,6-11H2,(H,34,35). The van der Waals surface area contributed by atoms with E-state index in [0.717, 1.165) is 84.0 Å². The number of aromatic nitrogens is 6. The summed E-state index contributed by atoms with van der Waals surface area (Å²) >= 11 is 0. The average Bonchev–Trinajstić information content (AvgIpc) is 3.58. The highest BCUT2D eigenvalue weighted by Gasteiger charge is 2.19. The van der Waals surface area contributed by atoms with Crippen molar-refractivity contribution in [3.05, 3.63) is 49.1 Å². The fraction of sp³-hybridized carbons (Fsp3) is 0.357. The van der Waals surface area contributed by atoms with Crippen molar-refractivity contribution >= 4 is 27.6 Å². The van der Waals surface area contributed by atoms with Gasteiger partial charge in [0, 0.05) is 30.2 Å². The molecule has 5 aromatic heterocycles. The summed E-state index contributed by atoms with van der Waals surface area (Å²) in [5.74, 6) is 0.784. The van der Waals surface area contributed by atoms with Gasteiger partial charge >= 0.3 is 0 Å². The van der Waals surface area contributed by atoms with E-state index in [2.05, 4.69) is 41.4 Å². The summed E-state index contributed by atoms with van der Waals surface area (Å²) in [6, 6.07) is 8.24. The predicted molar refractivity (Wildman–Crippen MR) is 145 cm³/mol. The Bertz CT molecular complexity index is 1540. The van der Waals surface area contributed by atoms with Crippen molar-refractivity contribution in [2.45, 2.75) is 38.2 Å². The van der Waals surface area contributed by atoms with E-state index < -0.39 is 0 Å². The quantitative estimate of drug-likeness (QED) is 0.325. The summed E-state index contributed by atoms with van der Waals surface area (Å²) < 4.78 is 6.21. The number of rotatable bonds is 5. The first kappa shape index (κ1) is 22.2. The smallest absolute Gasteiger partial charge is 0.138 e. The number of ether oxygens (including phenoxy) is 1. The van der Waals surface area contributed by atoms with E-state index in [0.29, 0.717) is 0 Å². The van der Waals surface area contributed by atoms with E-state index in [-0.39, 0.29) is 6.10 Å². The van der Waals surface area contributed by atoms with Crippen molar-refractivity contribution in [2.24, 2.45) is 0 Å². The normalized spacial score (nSPS) is 17.0. The zero-order valence-electron chi connectivity index (χ0n) is 20.7. The Morgan fingerprint density at radius 1 is 0.892 bits per heavy atom. The number of nitrogens with one attached hydrogen (secondary N) is 3. The predicted octanol–water partition coefficient (Wildman–Crippen LogP) is 4.68. The summed E-state index contributed by atoms with van der Waals surface area (Å²) in [6.45, 7) is 4.13. The van der Waals surface area contributed by atoms with E-state index in [1.807, 2.05) is 36.8 Å². The lowest BCUT2D eigenvalue weighted by molar-refractivity contribution is 0.162. The fourth-order valence-corrected chi connectivity index (χ4v) is 5.53. The van der Waals surface area contributed by atoms with Gasteiger partial charge in [-0.25, -0.2) is 4.98 Å². The molecule has 0 bridgehead atoms. The maximum absolute atomic E-state index is 6.21. The Kier molecular flexibility index (Phi) is 5.70. The fourth-order valence-electron chi connectivity index (χ4n) is 5.53. The van der Waals surface area contributed by atoms with Crippen LogP contribution in [0.1, 0.15) is 32.1 Å². The van der Waals surface area contributed by atoms with Gasteiger partial charge in [-0.15, -0.1) is 0 Å². The van der Waals surface area contributed by atoms with Gasteiger partial charge < -0.3 is 19.9 Å². The van der Waals surface area contributed by atoms with Gasteiger partial charge in [0.1, 0.15) is 23.1 Å². The molecule has 9 nitrogen and oxygen atoms in total. The van der Waals surface area contributed by atoms with Gasteiger partial charge in [0.2, 0.25) is 0 Å². The molecular formula is C28H30N8O. The number of fused-ring (bicyclic) bond motifs is 2. The van der Waals surface area contributed by atoms with E-state index in [1.54, 1.807) is 6.20 Å². The third kappa shape index (κ3) is 4.29. The summed E-state index contributed by atoms with van der Waals surface area (Å²) in [5.41, 5.74) is 7.40. The number of H-pyrrole nitrogens is 2. The number of pyridine rings is 3. The van der Waals surface area contributed by atoms with Gasteiger partial charge in [-0.3, -0.25) is 15.1 Å². The third-order valence-corrected chi connectivity index (χ3v) is 7.48. The van der Waals surface area contributed by atoms with Crippen LogP contribution in [0.4, 0.5) is 5.69 Å². The molecule has 2 fully saturated rings. The molecule has 0 amide bonds. The van der Waals surface area contributed by atoms with Crippen LogP contribution in [0.3, 0.4) is 0 Å². The molecule has 37 heavy (non-hydrogen) atoms. The number of anilines is 1. The largest absolute Gasteiger partial charge is 0.489 e. The van der Waals surface area contributed by atoms with Gasteiger partial charge in [0.25, 0.3) is 0 Å². The first-order valence-electron chi connectivity index (χ1n) is 13.2. The monoisotopic (exact) mass is 494 g/mol. The first-order chi connectivity index (χ1) is 18.3. The van der Waals surface area contributed by atoms with Crippen molar-refractivity contribution in [3.8, 4) is 28.4 Å². The van der Waals surface area contributed by atoms with Crippen LogP contribution in [0.25, 0.3) is 44.6 Å². The lowest BCUT2D eigenvalue weighted by Crippen LogP contribution is -2.34. The molecule has 3 N–H and O–H groups in total. The SMILES string of the molecule is c1ncc(-c2ccc3[nH]nc(-c4cc5c(N6CCCCC6)cncc5[nH]4)c3n2)cc1OC1CCNCC1. The molecule has 0 aromatic carbocycles. The van der Waals surface area contributed by atoms with Crippen LogP contribution in [0.15, 0.2) is 49.1 Å². The highest BCUT2D eigenvalue weighted by Crippen LogP contribution is 2.34. The Hall–Kier alpha value is -3.98. The summed E-state index contributed by atoms with van der Waals surface area (Å²) in [6.07, 6.45) is 13.5. The van der Waals surface area contributed by atoms with Crippen molar-refractivity contribution in [3.63, 3.8) is 0 Å². The lowest BCUT2D eigenvalue weighted by atomic mass is 10.1. The molecule has 7 rings (SSSR count). The van der Waals surface area contributed by atoms with E-state index >= 15 is 0 Å². The molecule has 0 radical (unpaired) electrons. The maximum atomic E-state index is 6.21. The van der Waals surface area contributed by atoms with Gasteiger partial charge in [0.05, 0.1) is 46.7 Å². The van der Waals surface area contributed by atoms with Crippen LogP contribution in [0.5, 0.6) is 5.75 Å². The number of piperidine rings is 2. The second kappa shape index (κ2) is 9.48. The minimum atomic E-state index is 0.223. The zero-order chi connectivity index (χ0) is 24.6. The molecule has 0 saturated carbocycles. The Balaban J connectivity index is 1.23. The summed E-state index contributed by atoms with van der Waals surface area (Å²) in [4.78, 5) is 19.9. The van der Waals surface area contributed by atoms with Crippen molar-refractivity contribution in [1.82, 2.24) is 35.5 Å². The molecule has 0 atom stereocenters. The number of nitrogens with zero attached hydrogens (tertiary/aromatic N) is 5. The molecule has 2 aliphatic heterocycles. The molecule has 188 valence electrons. The van der Waals surface area contributed by atoms with Gasteiger partial charge in [-0.1, -0.05) is 0 Å². The number of hydrogen-bond donors (Lipinski definition) is 3. The molecule has 0 spiro atoms. The topological polar surface area (TPSA) is 108 Å². The second-order valence-corrected chi connectivity index (χ2v) is 9.99. The van der Waals surface area contributed by atoms with Gasteiger partial charge in [-0.2, -0.15) is 5.10 Å². The van der Waals surface area contributed by atoms with Crippen LogP contribution in [-0.2, 0) is 0 Å². The minimum absolute atomic E-state index is 0.223. The molecule has 9 heteroatoms. The molecule has 2 aliphatic rings. The lowest BCUT2D eigenvalue weighted by Gasteiger charge is -2.28. The summed E-state index contributed by atoms with van der Waals surface area (Å²) in [5, 5.41) is 12.3. The molecular weight excluding hydrogens is 464 g/mol. The Morgan fingerprint density at radius 2 is 1.76 bits per heavy atom. The van der Waals surface area contributed by atoms with Crippen molar-refractivity contribution in [2.75, 3.05) is 31.1 Å². The number of hydrogen-bond acceptors (Lipinski definition) is 7.